The van der Waals surface area contributed by atoms with Crippen molar-refractivity contribution in [2.24, 2.45) is 10.7 Å². The van der Waals surface area contributed by atoms with Crippen LogP contribution in [-0.4, -0.2) is 46.2 Å². The Morgan fingerprint density at radius 2 is 2.13 bits per heavy atom. The predicted molar refractivity (Wildman–Crippen MR) is 113 cm³/mol. The lowest BCUT2D eigenvalue weighted by atomic mass is 9.85. The van der Waals surface area contributed by atoms with Crippen LogP contribution < -0.4 is 10.5 Å². The topological polar surface area (TPSA) is 111 Å². The van der Waals surface area contributed by atoms with Crippen molar-refractivity contribution in [1.82, 2.24) is 14.9 Å². The number of amides is 1. The van der Waals surface area contributed by atoms with Gasteiger partial charge in [0.2, 0.25) is 11.8 Å². The van der Waals surface area contributed by atoms with Crippen LogP contribution in [0.2, 0.25) is 0 Å². The normalized spacial score (nSPS) is 18.9. The number of nitrogens with two attached hydrogens (primary N) is 1. The van der Waals surface area contributed by atoms with E-state index in [0.717, 1.165) is 0 Å². The number of ether oxygens (including phenoxy) is 1. The quantitative estimate of drug-likeness (QED) is 0.539. The van der Waals surface area contributed by atoms with E-state index in [1.165, 1.54) is 36.5 Å². The largest absolute Gasteiger partial charge is 0.472 e. The average molecular weight is 425 g/mol. The zero-order valence-corrected chi connectivity index (χ0v) is 17.6. The number of guanidine groups is 1. The summed E-state index contributed by atoms with van der Waals surface area (Å²) in [4.78, 5) is 38.6. The summed E-state index contributed by atoms with van der Waals surface area (Å²) in [7, 11) is 1.52. The summed E-state index contributed by atoms with van der Waals surface area (Å²) in [6.07, 6.45) is 6.37. The van der Waals surface area contributed by atoms with E-state index in [0.29, 0.717) is 18.1 Å². The van der Waals surface area contributed by atoms with E-state index < -0.39 is 11.4 Å². The number of nitrogens with zero attached hydrogens (tertiary/aromatic N) is 4. The number of rotatable bonds is 7. The predicted octanol–water partition coefficient (Wildman–Crippen LogP) is 2.39. The molecule has 9 heteroatoms. The molecule has 0 radical (unpaired) electrons. The number of hydrogen-bond donors (Lipinski definition) is 1. The molecule has 1 unspecified atom stereocenters. The van der Waals surface area contributed by atoms with Gasteiger partial charge in [0.25, 0.3) is 0 Å². The molecule has 2 heterocycles. The molecule has 1 aliphatic rings. The summed E-state index contributed by atoms with van der Waals surface area (Å²) in [6.45, 7) is 3.89. The first kappa shape index (κ1) is 22.1. The van der Waals surface area contributed by atoms with Crippen molar-refractivity contribution in [1.29, 1.82) is 0 Å². The van der Waals surface area contributed by atoms with Crippen LogP contribution in [0.1, 0.15) is 41.9 Å². The molecule has 0 aliphatic carbocycles. The third kappa shape index (κ3) is 4.93. The number of carbonyl (C=O) groups excluding carboxylic acids is 2. The average Bonchev–Trinajstić information content (AvgIpc) is 2.74. The van der Waals surface area contributed by atoms with E-state index >= 15 is 0 Å². The Labute approximate surface area is 179 Å². The zero-order valence-electron chi connectivity index (χ0n) is 17.6. The third-order valence-corrected chi connectivity index (χ3v) is 5.03. The first-order chi connectivity index (χ1) is 14.7. The van der Waals surface area contributed by atoms with Crippen LogP contribution in [-0.2, 0) is 16.8 Å². The molecule has 1 aromatic heterocycles. The minimum Gasteiger partial charge on any atom is -0.472 e. The van der Waals surface area contributed by atoms with Crippen LogP contribution in [0, 0.1) is 5.82 Å². The van der Waals surface area contributed by atoms with Gasteiger partial charge in [-0.3, -0.25) is 14.5 Å². The number of carbonyl (C=O) groups is 2. The third-order valence-electron chi connectivity index (χ3n) is 5.03. The molecule has 8 nitrogen and oxygen atoms in total. The Morgan fingerprint density at radius 1 is 1.35 bits per heavy atom. The highest BCUT2D eigenvalue weighted by Crippen LogP contribution is 2.35. The highest BCUT2D eigenvalue weighted by molar-refractivity contribution is 5.99. The summed E-state index contributed by atoms with van der Waals surface area (Å²) in [5, 5.41) is 0. The van der Waals surface area contributed by atoms with Crippen LogP contribution >= 0.6 is 0 Å². The molecule has 0 saturated heterocycles. The lowest BCUT2D eigenvalue weighted by Crippen LogP contribution is -2.47. The van der Waals surface area contributed by atoms with Gasteiger partial charge >= 0.3 is 0 Å². The Kier molecular flexibility index (Phi) is 6.43. The van der Waals surface area contributed by atoms with Crippen LogP contribution in [0.25, 0.3) is 0 Å². The fourth-order valence-corrected chi connectivity index (χ4v) is 3.20. The van der Waals surface area contributed by atoms with Gasteiger partial charge in [0.1, 0.15) is 18.1 Å². The molecule has 1 amide bonds. The summed E-state index contributed by atoms with van der Waals surface area (Å²) in [5.41, 5.74) is 5.63. The number of halogens is 1. The highest BCUT2D eigenvalue weighted by Gasteiger charge is 2.38. The molecule has 31 heavy (non-hydrogen) atoms. The van der Waals surface area contributed by atoms with E-state index in [9.17, 15) is 14.0 Å². The maximum absolute atomic E-state index is 14.6. The minimum atomic E-state index is -1.15. The summed E-state index contributed by atoms with van der Waals surface area (Å²) < 4.78 is 20.0. The molecular formula is C22H24FN5O3. The van der Waals surface area contributed by atoms with E-state index in [1.54, 1.807) is 13.0 Å². The molecule has 0 bridgehead atoms. The maximum Gasteiger partial charge on any atom is 0.232 e. The van der Waals surface area contributed by atoms with Crippen molar-refractivity contribution in [3.63, 3.8) is 0 Å². The molecule has 2 N–H and O–H groups in total. The van der Waals surface area contributed by atoms with Gasteiger partial charge in [0.05, 0.1) is 24.4 Å². The second-order valence-electron chi connectivity index (χ2n) is 7.41. The van der Waals surface area contributed by atoms with Gasteiger partial charge in [-0.25, -0.2) is 19.4 Å². The number of aliphatic imine (C=N–C) groups is 1. The van der Waals surface area contributed by atoms with Crippen LogP contribution in [0.15, 0.2) is 47.7 Å². The minimum absolute atomic E-state index is 0.0101. The first-order valence-corrected chi connectivity index (χ1v) is 9.73. The Hall–Kier alpha value is -3.62. The lowest BCUT2D eigenvalue weighted by molar-refractivity contribution is -0.128. The molecule has 0 fully saturated rings. The van der Waals surface area contributed by atoms with Crippen molar-refractivity contribution < 1.29 is 18.7 Å². The molecule has 162 valence electrons. The van der Waals surface area contributed by atoms with Gasteiger partial charge in [-0.2, -0.15) is 0 Å². The van der Waals surface area contributed by atoms with Gasteiger partial charge in [0, 0.05) is 19.0 Å². The van der Waals surface area contributed by atoms with E-state index in [2.05, 4.69) is 15.0 Å². The summed E-state index contributed by atoms with van der Waals surface area (Å²) >= 11 is 0. The monoisotopic (exact) mass is 425 g/mol. The SMILES string of the molecule is C/C=C/COc1cnc(C(=O)Cc2ccc(F)c(C3(C)CC(=O)N(C)C(N)=N3)c2)cn1. The van der Waals surface area contributed by atoms with Crippen LogP contribution in [0.3, 0.4) is 0 Å². The molecule has 1 aliphatic heterocycles. The number of Topliss-reactive ketones (excluding diaryl/α,β-unsaturated/α-hetero) is 1. The standard InChI is InChI=1S/C22H24FN5O3/c1-4-5-8-31-19-13-25-17(12-26-19)18(29)10-14-6-7-16(23)15(9-14)22(2)11-20(30)28(3)21(24)27-22/h4-7,9,12-13H,8,10-11H2,1-3H3,(H2,24,27)/b5-4+. The van der Waals surface area contributed by atoms with Crippen molar-refractivity contribution >= 4 is 17.6 Å². The van der Waals surface area contributed by atoms with E-state index in [1.807, 2.05) is 19.1 Å². The van der Waals surface area contributed by atoms with Gasteiger partial charge in [-0.1, -0.05) is 18.2 Å². The van der Waals surface area contributed by atoms with E-state index in [-0.39, 0.29) is 41.7 Å². The van der Waals surface area contributed by atoms with Crippen LogP contribution in [0.5, 0.6) is 5.88 Å². The lowest BCUT2D eigenvalue weighted by Gasteiger charge is -2.34. The van der Waals surface area contributed by atoms with Crippen molar-refractivity contribution in [3.05, 3.63) is 65.4 Å². The Bertz CT molecular complexity index is 1050. The molecule has 2 aromatic rings. The number of benzene rings is 1. The second-order valence-corrected chi connectivity index (χ2v) is 7.41. The summed E-state index contributed by atoms with van der Waals surface area (Å²) in [6, 6.07) is 4.33. The first-order valence-electron chi connectivity index (χ1n) is 9.73. The molecule has 1 atom stereocenters. The number of ketones is 1. The highest BCUT2D eigenvalue weighted by atomic mass is 19.1. The number of aromatic nitrogens is 2. The fraction of sp³-hybridized carbons (Fsp3) is 0.318. The van der Waals surface area contributed by atoms with Gasteiger partial charge in [-0.05, 0) is 31.5 Å². The molecular weight excluding hydrogens is 401 g/mol. The smallest absolute Gasteiger partial charge is 0.232 e. The van der Waals surface area contributed by atoms with Crippen molar-refractivity contribution in [3.8, 4) is 5.88 Å². The van der Waals surface area contributed by atoms with Crippen molar-refractivity contribution in [2.75, 3.05) is 13.7 Å². The second kappa shape index (κ2) is 9.03. The van der Waals surface area contributed by atoms with Crippen LogP contribution in [0.4, 0.5) is 4.39 Å². The molecule has 0 spiro atoms. The van der Waals surface area contributed by atoms with Gasteiger partial charge < -0.3 is 10.5 Å². The number of allylic oxidation sites excluding steroid dienone is 1. The fourth-order valence-electron chi connectivity index (χ4n) is 3.20. The maximum atomic E-state index is 14.6. The number of hydrogen-bond acceptors (Lipinski definition) is 7. The Balaban J connectivity index is 1.79. The molecule has 3 rings (SSSR count). The van der Waals surface area contributed by atoms with Crippen molar-refractivity contribution in [2.45, 2.75) is 32.2 Å². The summed E-state index contributed by atoms with van der Waals surface area (Å²) in [5.74, 6) is -0.726. The molecule has 0 saturated carbocycles. The molecule has 1 aromatic carbocycles. The Morgan fingerprint density at radius 3 is 2.77 bits per heavy atom. The van der Waals surface area contributed by atoms with Gasteiger partial charge in [-0.15, -0.1) is 0 Å². The van der Waals surface area contributed by atoms with E-state index in [4.69, 9.17) is 10.5 Å². The van der Waals surface area contributed by atoms with Gasteiger partial charge in [0.15, 0.2) is 11.7 Å². The zero-order chi connectivity index (χ0) is 22.6.